The zero-order chi connectivity index (χ0) is 83.2. The first-order valence-electron chi connectivity index (χ1n) is 41.9. The molecule has 12 rings (SSSR count). The highest BCUT2D eigenvalue weighted by Gasteiger charge is 2.39. The summed E-state index contributed by atoms with van der Waals surface area (Å²) in [5.74, 6) is 0.795. The Morgan fingerprint density at radius 3 is 1.78 bits per heavy atom. The van der Waals surface area contributed by atoms with E-state index in [0.29, 0.717) is 11.3 Å². The molecule has 0 saturated carbocycles. The van der Waals surface area contributed by atoms with Gasteiger partial charge in [-0.3, -0.25) is 18.7 Å². The highest BCUT2D eigenvalue weighted by Crippen LogP contribution is 2.50. The van der Waals surface area contributed by atoms with E-state index < -0.39 is 188 Å². The van der Waals surface area contributed by atoms with Gasteiger partial charge in [-0.1, -0.05) is 173 Å². The van der Waals surface area contributed by atoms with Crippen molar-refractivity contribution < 1.29 is 61.4 Å². The van der Waals surface area contributed by atoms with Crippen molar-refractivity contribution in [3.05, 3.63) is 192 Å². The molecular formula is C67H67N5O. The van der Waals surface area contributed by atoms with Crippen LogP contribution in [0.25, 0.3) is 72.4 Å². The van der Waals surface area contributed by atoms with E-state index in [1.54, 1.807) is 18.3 Å². The smallest absolute Gasteiger partial charge is 0.271 e. The molecule has 10 aromatic rings. The number of imidazole rings is 1. The molecule has 6 aromatic carbocycles. The summed E-state index contributed by atoms with van der Waals surface area (Å²) in [6, 6.07) is 17.5. The van der Waals surface area contributed by atoms with Crippen molar-refractivity contribution in [3.63, 3.8) is 0 Å². The van der Waals surface area contributed by atoms with Gasteiger partial charge in [0.25, 0.3) is 6.33 Å². The Labute approximate surface area is 484 Å². The summed E-state index contributed by atoms with van der Waals surface area (Å²) in [6.45, 7) is -30.2. The van der Waals surface area contributed by atoms with E-state index in [1.807, 2.05) is 47.0 Å². The topological polar surface area (TPSA) is 48.8 Å². The van der Waals surface area contributed by atoms with Gasteiger partial charge in [0, 0.05) is 79.2 Å². The highest BCUT2D eigenvalue weighted by molar-refractivity contribution is 6.09. The standard InChI is InChI=1S/C67H67N5O/c1-63(2,3)45-29-35-69-61(39-45)72-56-20-13-12-17-50(56)51-26-25-46(40-59(51)72)73-47-30-36-68-60(41-47)70-42-71(58-22-15-14-21-57(58)70)62-48(43-23-27-52-54(37-43)66(8,9)33-31-64(52,4)5)18-16-19-49(62)44-24-28-53-55(38-44)67(10,11)34-32-65(53,6)7/h12-30,35-41H,31-34H2,1-11H3/i4D3,5D3,6D3,7D3,8D3,9D3,10D3,11D3,23D,24D,27D,28D,31D2,32D2,33D2,34D2,37D,38D. The summed E-state index contributed by atoms with van der Waals surface area (Å²) in [5, 5.41) is 1.69. The first kappa shape index (κ1) is 20.9. The van der Waals surface area contributed by atoms with Crippen LogP contribution in [0.1, 0.15) is 181 Å². The second-order valence-electron chi connectivity index (χ2n) is 19.1. The van der Waals surface area contributed by atoms with Crippen LogP contribution in [0.5, 0.6) is 11.5 Å². The SMILES string of the molecule is [2H]c1c([2H])c2c(c([2H])c1-c1cccc(-c3c([2H])c([2H])c4c(c3[2H])C(C([2H])([2H])[2H])(C([2H])([2H])[2H])C([2H])([2H])C([2H])([2H])C4(C([2H])([2H])[2H])C([2H])([2H])[2H])c1-[n+]1[c-]n(-c3cc(Oc4ccc5c6ccccc6n(-c6cc(C(C)(C)C)ccn6)c5c4)ccn3)c3ccccc31)C(C([2H])([2H])[2H])(C([2H])([2H])[2H])C([2H])([2H])C([2H])([2H])C2(C([2H])([2H])[2H])C([2H])([2H])[2H]. The number of ether oxygens (including phenoxy) is 1. The number of hydrogen-bond acceptors (Lipinski definition) is 3. The van der Waals surface area contributed by atoms with Crippen LogP contribution in [0, 0.1) is 6.33 Å². The predicted octanol–water partition coefficient (Wildman–Crippen LogP) is 16.7. The third kappa shape index (κ3) is 7.87. The minimum absolute atomic E-state index is 0.00905. The van der Waals surface area contributed by atoms with Crippen LogP contribution in [-0.2, 0) is 27.1 Å². The molecule has 6 nitrogen and oxygen atoms in total. The van der Waals surface area contributed by atoms with Crippen molar-refractivity contribution in [3.8, 4) is 51.1 Å². The lowest BCUT2D eigenvalue weighted by atomic mass is 9.62. The Morgan fingerprint density at radius 2 is 1.14 bits per heavy atom. The molecule has 366 valence electrons. The quantitative estimate of drug-likeness (QED) is 0.118. The Morgan fingerprint density at radius 1 is 0.575 bits per heavy atom. The van der Waals surface area contributed by atoms with Gasteiger partial charge < -0.3 is 4.74 Å². The average Bonchev–Trinajstić information content (AvgIpc) is 0.888. The van der Waals surface area contributed by atoms with Crippen molar-refractivity contribution in [1.82, 2.24) is 19.1 Å². The van der Waals surface area contributed by atoms with Gasteiger partial charge in [-0.25, -0.2) is 4.98 Å². The van der Waals surface area contributed by atoms with E-state index in [-0.39, 0.29) is 33.8 Å². The number of aromatic nitrogens is 5. The molecule has 0 N–H and O–H groups in total. The predicted molar refractivity (Wildman–Crippen MR) is 300 cm³/mol. The fraction of sp³-hybridized carbons (Fsp3) is 0.299. The second kappa shape index (κ2) is 16.6. The molecule has 0 amide bonds. The molecule has 73 heavy (non-hydrogen) atoms. The normalized spacial score (nSPS) is 28.4. The van der Waals surface area contributed by atoms with E-state index in [1.165, 1.54) is 47.2 Å². The van der Waals surface area contributed by atoms with Crippen LogP contribution in [0.15, 0.2) is 158 Å². The van der Waals surface area contributed by atoms with E-state index in [0.717, 1.165) is 44.6 Å². The average molecular weight is 997 g/mol. The molecular weight excluding hydrogens is 891 g/mol. The van der Waals surface area contributed by atoms with E-state index in [4.69, 9.17) is 42.6 Å². The molecule has 0 aliphatic heterocycles. The zero-order valence-corrected chi connectivity index (χ0v) is 39.2. The number of nitrogens with zero attached hydrogens (tertiary/aromatic N) is 5. The van der Waals surface area contributed by atoms with Crippen molar-refractivity contribution in [2.45, 2.75) is 128 Å². The number of para-hydroxylation sites is 4. The van der Waals surface area contributed by atoms with Crippen LogP contribution in [-0.4, -0.2) is 19.1 Å². The number of rotatable bonds is 7. The minimum atomic E-state index is -4.85. The van der Waals surface area contributed by atoms with Gasteiger partial charge in [0.05, 0.1) is 36.0 Å². The lowest BCUT2D eigenvalue weighted by molar-refractivity contribution is -0.571. The number of hydrogen-bond donors (Lipinski definition) is 0. The van der Waals surface area contributed by atoms with Crippen LogP contribution in [0.4, 0.5) is 0 Å². The van der Waals surface area contributed by atoms with E-state index in [2.05, 4.69) is 32.1 Å². The second-order valence-corrected chi connectivity index (χ2v) is 19.1. The van der Waals surface area contributed by atoms with Gasteiger partial charge in [0.1, 0.15) is 17.3 Å². The van der Waals surface area contributed by atoms with Crippen molar-refractivity contribution in [2.75, 3.05) is 0 Å². The molecule has 0 saturated heterocycles. The maximum absolute atomic E-state index is 10.4. The van der Waals surface area contributed by atoms with Crippen LogP contribution >= 0.6 is 0 Å². The molecule has 0 unspecified atom stereocenters. The molecule has 0 atom stereocenters. The Hall–Kier alpha value is -7.31. The first-order valence-corrected chi connectivity index (χ1v) is 22.9. The summed E-state index contributed by atoms with van der Waals surface area (Å²) in [5.41, 5.74) is -29.7. The lowest BCUT2D eigenvalue weighted by Crippen LogP contribution is -2.34. The molecule has 2 aliphatic rings. The monoisotopic (exact) mass is 996 g/mol. The number of pyridine rings is 2. The fourth-order valence-corrected chi connectivity index (χ4v) is 9.40. The van der Waals surface area contributed by atoms with Crippen molar-refractivity contribution >= 4 is 32.8 Å². The summed E-state index contributed by atoms with van der Waals surface area (Å²) in [6.07, 6.45) is -13.3. The summed E-state index contributed by atoms with van der Waals surface area (Å²) < 4.78 is 362. The Balaban J connectivity index is 1.25. The van der Waals surface area contributed by atoms with Crippen molar-refractivity contribution in [2.24, 2.45) is 0 Å². The zero-order valence-electron chi connectivity index (χ0n) is 77.2. The molecule has 4 aromatic heterocycles. The fourth-order valence-electron chi connectivity index (χ4n) is 9.40. The van der Waals surface area contributed by atoms with Crippen molar-refractivity contribution in [1.29, 1.82) is 0 Å². The third-order valence-corrected chi connectivity index (χ3v) is 13.0. The van der Waals surface area contributed by atoms with E-state index in [9.17, 15) is 19.2 Å². The van der Waals surface area contributed by atoms with Crippen LogP contribution in [0.3, 0.4) is 0 Å². The van der Waals surface area contributed by atoms with Crippen LogP contribution in [0.2, 0.25) is 0 Å². The highest BCUT2D eigenvalue weighted by atomic mass is 16.5. The number of fused-ring (bicyclic) bond motifs is 6. The Kier molecular flexibility index (Phi) is 4.76. The maximum Gasteiger partial charge on any atom is 0.271 e. The summed E-state index contributed by atoms with van der Waals surface area (Å²) in [7, 11) is 0. The summed E-state index contributed by atoms with van der Waals surface area (Å²) in [4.78, 5) is 9.37. The van der Waals surface area contributed by atoms with Gasteiger partial charge in [-0.2, -0.15) is 0 Å². The molecule has 4 heterocycles. The summed E-state index contributed by atoms with van der Waals surface area (Å²) >= 11 is 0. The largest absolute Gasteiger partial charge is 0.458 e. The molecule has 6 heteroatoms. The molecule has 0 radical (unpaired) electrons. The van der Waals surface area contributed by atoms with E-state index >= 15 is 0 Å². The Bertz CT molecular complexity index is 5260. The first-order chi connectivity index (χ1) is 50.4. The maximum atomic E-state index is 10.4. The van der Waals surface area contributed by atoms with Gasteiger partial charge >= 0.3 is 0 Å². The van der Waals surface area contributed by atoms with Crippen LogP contribution < -0.4 is 9.30 Å². The van der Waals surface area contributed by atoms with Gasteiger partial charge in [-0.15, -0.1) is 0 Å². The molecule has 0 bridgehead atoms. The number of benzene rings is 6. The van der Waals surface area contributed by atoms with Gasteiger partial charge in [0.2, 0.25) is 0 Å². The third-order valence-electron chi connectivity index (χ3n) is 13.0. The molecule has 0 spiro atoms. The molecule has 2 aliphatic carbocycles. The van der Waals surface area contributed by atoms with Gasteiger partial charge in [-0.05, 0) is 139 Å². The minimum Gasteiger partial charge on any atom is -0.458 e. The molecule has 0 fully saturated rings. The lowest BCUT2D eigenvalue weighted by Gasteiger charge is -2.42. The van der Waals surface area contributed by atoms with Gasteiger partial charge in [0.15, 0.2) is 5.82 Å².